The summed E-state index contributed by atoms with van der Waals surface area (Å²) in [6.45, 7) is -1.16. The van der Waals surface area contributed by atoms with Gasteiger partial charge in [0.2, 0.25) is 17.7 Å². The summed E-state index contributed by atoms with van der Waals surface area (Å²) in [4.78, 5) is 165. The Kier molecular flexibility index (Phi) is 35.4. The number of rotatable bonds is 39. The fourth-order valence-corrected chi connectivity index (χ4v) is 10.4. The number of carboxylic acids is 6. The maximum absolute atomic E-state index is 13.9. The summed E-state index contributed by atoms with van der Waals surface area (Å²) in [6, 6.07) is 9.64. The second-order valence-electron chi connectivity index (χ2n) is 22.4. The summed E-state index contributed by atoms with van der Waals surface area (Å²) in [5.74, 6) is -16.8. The zero-order valence-corrected chi connectivity index (χ0v) is 54.7. The average molecular weight is 1380 g/mol. The first-order valence-electron chi connectivity index (χ1n) is 29.8. The minimum atomic E-state index is -1.68. The van der Waals surface area contributed by atoms with E-state index in [0.717, 1.165) is 5.56 Å². The first-order valence-corrected chi connectivity index (χ1v) is 30.2. The molecule has 0 spiro atoms. The van der Waals surface area contributed by atoms with Gasteiger partial charge in [-0.15, -0.1) is 0 Å². The Bertz CT molecular complexity index is 2950. The van der Waals surface area contributed by atoms with E-state index >= 15 is 0 Å². The van der Waals surface area contributed by atoms with Gasteiger partial charge in [0.15, 0.2) is 16.7 Å². The number of aliphatic hydroxyl groups excluding tert-OH is 2. The van der Waals surface area contributed by atoms with E-state index in [4.69, 9.17) is 12.2 Å². The van der Waals surface area contributed by atoms with E-state index in [1.807, 2.05) is 0 Å². The number of nitrogens with zero attached hydrogens (tertiary/aromatic N) is 5. The molecule has 0 aliphatic carbocycles. The van der Waals surface area contributed by atoms with Crippen LogP contribution in [-0.2, 0) is 76.8 Å². The first kappa shape index (κ1) is 79.2. The normalized spacial score (nSPS) is 15.9. The van der Waals surface area contributed by atoms with Crippen LogP contribution in [-0.4, -0.2) is 267 Å². The van der Waals surface area contributed by atoms with Gasteiger partial charge in [-0.1, -0.05) is 42.5 Å². The van der Waals surface area contributed by atoms with Crippen molar-refractivity contribution >= 4 is 114 Å². The molecule has 3 aromatic rings. The third-order valence-electron chi connectivity index (χ3n) is 15.3. The van der Waals surface area contributed by atoms with E-state index in [2.05, 4.69) is 36.6 Å². The molecule has 1 aliphatic heterocycles. The summed E-state index contributed by atoms with van der Waals surface area (Å²) >= 11 is 5.44. The fraction of sp³-hybridized carbons (Fsp3) is 0.533. The Balaban J connectivity index is 0.0000226. The minimum absolute atomic E-state index is 0. The third kappa shape index (κ3) is 30.1. The molecule has 0 radical (unpaired) electrons. The fourth-order valence-electron chi connectivity index (χ4n) is 10.2. The van der Waals surface area contributed by atoms with Crippen LogP contribution in [0.2, 0.25) is 0 Å². The summed E-state index contributed by atoms with van der Waals surface area (Å²) in [7, 11) is 0. The van der Waals surface area contributed by atoms with Crippen molar-refractivity contribution in [2.75, 3.05) is 97.1 Å². The van der Waals surface area contributed by atoms with E-state index < -0.39 is 171 Å². The number of aromatic nitrogens is 2. The molecule has 0 bridgehead atoms. The van der Waals surface area contributed by atoms with Gasteiger partial charge in [-0.3, -0.25) is 58.0 Å². The van der Waals surface area contributed by atoms with Gasteiger partial charge < -0.3 is 86.8 Å². The van der Waals surface area contributed by atoms with Crippen molar-refractivity contribution < 1.29 is 98.4 Å². The van der Waals surface area contributed by atoms with Crippen molar-refractivity contribution in [3.63, 3.8) is 0 Å². The molecular weight excluding hydrogens is 1300 g/mol. The van der Waals surface area contributed by atoms with E-state index in [-0.39, 0.29) is 122 Å². The van der Waals surface area contributed by atoms with Gasteiger partial charge in [0, 0.05) is 134 Å². The molecule has 2 heterocycles. The molecular formula is C60H80GaN11O20S. The Labute approximate surface area is 554 Å². The maximum Gasteiger partial charge on any atom is 3.00 e. The number of imidazole rings is 1. The van der Waals surface area contributed by atoms with Gasteiger partial charge in [-0.2, -0.15) is 0 Å². The molecule has 11 N–H and O–H groups in total. The van der Waals surface area contributed by atoms with E-state index in [0.29, 0.717) is 16.9 Å². The molecule has 2 aromatic carbocycles. The van der Waals surface area contributed by atoms with Gasteiger partial charge in [-0.25, -0.2) is 9.78 Å². The number of anilines is 1. The van der Waals surface area contributed by atoms with Crippen LogP contribution in [0.4, 0.5) is 5.69 Å². The zero-order chi connectivity index (χ0) is 67.9. The number of H-pyrrole nitrogens is 1. The molecule has 4 rings (SSSR count). The summed E-state index contributed by atoms with van der Waals surface area (Å²) in [5, 5.41) is 97.2. The predicted molar refractivity (Wildman–Crippen MR) is 329 cm³/mol. The Morgan fingerprint density at radius 1 is 0.613 bits per heavy atom. The van der Waals surface area contributed by atoms with E-state index in [1.165, 1.54) is 34.1 Å². The smallest absolute Gasteiger partial charge is 0.549 e. The standard InChI is InChI=1S/C60H83N11O20S.Ga/c1-37(49(75)27-41(25-44-30-61-36-63-44)57(87)66-46(34-72)50(76)28-40(24-39-6-3-2-4-7-39)56(86)67-47(35-73)58(88)89)64-55(85)42(29-51(77)78)26-45(74)8-5-15-62-60(92)65-43-12-9-38(10-13-43)11-14-48(59(90)91)71-22-20-69(32-53(81)82)18-16-68(31-52(79)80)17-19-70(21-23-71)33-54(83)84;/h2-4,6-7,9-10,12-13,30,36-37,40-42,46-48,72-73H,5,8,11,14-29,31-35H2,1H3,(H,61,63)(H,64,85)(H,66,87)(H,67,86)(H,77,78)(H,79,80)(H,81,82)(H,83,84)(H,88,89)(H,90,91)(H2,62,65,92);/q;+3/p-3/t37-,40+,41+,42-,46-,47-,48?;/m0./s1. The monoisotopic (exact) mass is 1380 g/mol. The molecule has 33 heteroatoms. The van der Waals surface area contributed by atoms with Crippen molar-refractivity contribution in [1.29, 1.82) is 0 Å². The second-order valence-corrected chi connectivity index (χ2v) is 22.8. The molecule has 504 valence electrons. The number of carbonyl (C=O) groups is 12. The third-order valence-corrected chi connectivity index (χ3v) is 15.5. The van der Waals surface area contributed by atoms with Crippen LogP contribution < -0.4 is 41.9 Å². The Morgan fingerprint density at radius 2 is 1.13 bits per heavy atom. The van der Waals surface area contributed by atoms with Gasteiger partial charge in [0.05, 0.1) is 61.7 Å². The number of amides is 3. The molecule has 3 amide bonds. The number of ketones is 3. The molecule has 0 saturated carbocycles. The average Bonchev–Trinajstić information content (AvgIpc) is 1.99. The number of aliphatic hydroxyl groups is 2. The van der Waals surface area contributed by atoms with Crippen LogP contribution in [0.15, 0.2) is 67.1 Å². The van der Waals surface area contributed by atoms with Crippen molar-refractivity contribution in [2.24, 2.45) is 17.8 Å². The van der Waals surface area contributed by atoms with Crippen molar-refractivity contribution in [3.05, 3.63) is 83.9 Å². The van der Waals surface area contributed by atoms with Crippen LogP contribution in [0.3, 0.4) is 0 Å². The zero-order valence-electron chi connectivity index (χ0n) is 51.4. The number of carbonyl (C=O) groups excluding carboxylic acids is 9. The number of hydrogen-bond donors (Lipinski definition) is 11. The van der Waals surface area contributed by atoms with E-state index in [9.17, 15) is 98.4 Å². The summed E-state index contributed by atoms with van der Waals surface area (Å²) in [6.07, 6.45) is 0.574. The summed E-state index contributed by atoms with van der Waals surface area (Å²) in [5.41, 5.74) is 2.29. The molecule has 1 aromatic heterocycles. The Hall–Kier alpha value is -8.02. The Morgan fingerprint density at radius 3 is 1.62 bits per heavy atom. The quantitative estimate of drug-likeness (QED) is 0.0144. The minimum Gasteiger partial charge on any atom is -0.549 e. The number of nitrogens with one attached hydrogen (secondary N) is 6. The van der Waals surface area contributed by atoms with Crippen molar-refractivity contribution in [1.82, 2.24) is 50.8 Å². The maximum atomic E-state index is 13.9. The summed E-state index contributed by atoms with van der Waals surface area (Å²) < 4.78 is 0. The van der Waals surface area contributed by atoms with Crippen molar-refractivity contribution in [2.45, 2.75) is 95.3 Å². The second kappa shape index (κ2) is 41.5. The van der Waals surface area contributed by atoms with Crippen LogP contribution >= 0.6 is 12.2 Å². The number of aryl methyl sites for hydroxylation is 1. The molecule has 1 unspecified atom stereocenters. The number of aromatic amines is 1. The van der Waals surface area contributed by atoms with Crippen LogP contribution in [0.5, 0.6) is 0 Å². The number of thiocarbonyl (C=S) groups is 1. The van der Waals surface area contributed by atoms with Crippen LogP contribution in [0, 0.1) is 17.8 Å². The largest absolute Gasteiger partial charge is 3.00 e. The SMILES string of the molecule is C[C@H](NC(=O)[C@H](CC(=O)O)CC(=O)CCCNC(=S)Nc1ccc(CCC(C(=O)O)N2CCN(CC(=O)[O-])CCN(CC(=O)[O-])CCN(CC(=O)[O-])CC2)cc1)C(=O)C[C@@H](Cc1cnc[nH]1)C(=O)N[C@@H](CO)C(=O)C[C@@H](Cc1ccccc1)C(=O)N[C@@H](CO)C(=O)O.[Ga+3]. The molecule has 1 saturated heterocycles. The molecule has 93 heavy (non-hydrogen) atoms. The van der Waals surface area contributed by atoms with Gasteiger partial charge >= 0.3 is 37.7 Å². The molecule has 31 nitrogen and oxygen atoms in total. The van der Waals surface area contributed by atoms with Gasteiger partial charge in [0.25, 0.3) is 0 Å². The number of hydrogen-bond acceptors (Lipinski definition) is 23. The number of aliphatic carboxylic acids is 6. The van der Waals surface area contributed by atoms with Crippen LogP contribution in [0.1, 0.15) is 68.7 Å². The van der Waals surface area contributed by atoms with Gasteiger partial charge in [-0.05, 0) is 68.1 Å². The topological polar surface area (TPSA) is 477 Å². The van der Waals surface area contributed by atoms with E-state index in [1.54, 1.807) is 59.5 Å². The van der Waals surface area contributed by atoms with Gasteiger partial charge in [0.1, 0.15) is 23.9 Å². The molecule has 7 atom stereocenters. The predicted octanol–water partition coefficient (Wildman–Crippen LogP) is -5.82. The first-order chi connectivity index (χ1) is 43.7. The van der Waals surface area contributed by atoms with Crippen molar-refractivity contribution in [3.8, 4) is 0 Å². The number of benzene rings is 2. The molecule has 1 fully saturated rings. The van der Waals surface area contributed by atoms with Crippen LogP contribution in [0.25, 0.3) is 0 Å². The number of Topliss-reactive ketones (excluding diaryl/α,β-unsaturated/α-hetero) is 3. The molecule has 1 aliphatic rings. The number of carboxylic acid groups (broad SMARTS) is 6.